The predicted molar refractivity (Wildman–Crippen MR) is 133 cm³/mol. The largest absolute Gasteiger partial charge is 0.496 e. The number of carboxylic acids is 1. The second-order valence-electron chi connectivity index (χ2n) is 10.2. The molecule has 1 aromatic heterocycles. The average molecular weight is 481 g/mol. The van der Waals surface area contributed by atoms with E-state index in [1.54, 1.807) is 26.2 Å². The van der Waals surface area contributed by atoms with E-state index in [0.717, 1.165) is 52.7 Å². The molecule has 3 aromatic rings. The van der Waals surface area contributed by atoms with Crippen LogP contribution in [0.1, 0.15) is 59.3 Å². The molecule has 6 nitrogen and oxygen atoms in total. The van der Waals surface area contributed by atoms with Gasteiger partial charge in [0.2, 0.25) is 0 Å². The fourth-order valence-corrected chi connectivity index (χ4v) is 5.41. The Morgan fingerprint density at radius 1 is 1.29 bits per heavy atom. The van der Waals surface area contributed by atoms with Gasteiger partial charge in [-0.25, -0.2) is 9.18 Å². The lowest BCUT2D eigenvalue weighted by Crippen LogP contribution is -2.39. The van der Waals surface area contributed by atoms with Gasteiger partial charge in [-0.2, -0.15) is 0 Å². The Bertz CT molecular complexity index is 1220. The van der Waals surface area contributed by atoms with Crippen molar-refractivity contribution < 1.29 is 23.8 Å². The zero-order valence-corrected chi connectivity index (χ0v) is 20.5. The van der Waals surface area contributed by atoms with Crippen molar-refractivity contribution in [3.63, 3.8) is 0 Å². The number of ether oxygens (including phenoxy) is 2. The van der Waals surface area contributed by atoms with Crippen LogP contribution in [0.15, 0.2) is 42.6 Å². The molecule has 1 aliphatic heterocycles. The Morgan fingerprint density at radius 3 is 2.69 bits per heavy atom. The van der Waals surface area contributed by atoms with Gasteiger partial charge in [0.25, 0.3) is 0 Å². The molecule has 2 fully saturated rings. The van der Waals surface area contributed by atoms with Crippen LogP contribution in [0.4, 0.5) is 4.39 Å². The summed E-state index contributed by atoms with van der Waals surface area (Å²) in [6.07, 6.45) is 4.21. The Hall–Kier alpha value is -2.90. The average Bonchev–Trinajstić information content (AvgIpc) is 3.20. The highest BCUT2D eigenvalue weighted by Gasteiger charge is 2.51. The lowest BCUT2D eigenvalue weighted by molar-refractivity contribution is -0.0266. The highest BCUT2D eigenvalue weighted by atomic mass is 19.1. The summed E-state index contributed by atoms with van der Waals surface area (Å²) >= 11 is 0. The third kappa shape index (κ3) is 4.80. The summed E-state index contributed by atoms with van der Waals surface area (Å²) in [5.74, 6) is -0.0763. The number of methoxy groups -OCH3 is 1. The van der Waals surface area contributed by atoms with Gasteiger partial charge in [-0.3, -0.25) is 4.90 Å². The molecule has 2 unspecified atom stereocenters. The number of piperidine rings is 1. The highest BCUT2D eigenvalue weighted by Crippen LogP contribution is 2.47. The van der Waals surface area contributed by atoms with Crippen molar-refractivity contribution in [2.45, 2.75) is 57.5 Å². The van der Waals surface area contributed by atoms with E-state index >= 15 is 0 Å². The third-order valence-corrected chi connectivity index (χ3v) is 7.77. The summed E-state index contributed by atoms with van der Waals surface area (Å²) < 4.78 is 26.0. The topological polar surface area (TPSA) is 74.8 Å². The molecule has 5 rings (SSSR count). The number of carbonyl (C=O) groups is 1. The van der Waals surface area contributed by atoms with Crippen LogP contribution in [0, 0.1) is 12.8 Å². The van der Waals surface area contributed by atoms with Gasteiger partial charge in [0.15, 0.2) is 0 Å². The number of aromatic nitrogens is 1. The molecular formula is C28H33FN2O4. The maximum absolute atomic E-state index is 14.0. The quantitative estimate of drug-likeness (QED) is 0.436. The number of benzene rings is 2. The molecule has 0 spiro atoms. The summed E-state index contributed by atoms with van der Waals surface area (Å²) in [5, 5.41) is 10.5. The number of nitrogens with zero attached hydrogens (tertiary/aromatic N) is 1. The fraction of sp³-hybridized carbons (Fsp3) is 0.464. The molecule has 0 radical (unpaired) electrons. The van der Waals surface area contributed by atoms with Crippen LogP contribution in [0.3, 0.4) is 0 Å². The van der Waals surface area contributed by atoms with E-state index in [4.69, 9.17) is 9.47 Å². The van der Waals surface area contributed by atoms with Crippen molar-refractivity contribution in [1.82, 2.24) is 9.88 Å². The van der Waals surface area contributed by atoms with E-state index in [1.165, 1.54) is 0 Å². The normalized spacial score (nSPS) is 26.7. The number of hydrogen-bond acceptors (Lipinski definition) is 4. The molecule has 1 saturated carbocycles. The molecule has 2 aromatic carbocycles. The van der Waals surface area contributed by atoms with Crippen LogP contribution in [0.25, 0.3) is 10.9 Å². The highest BCUT2D eigenvalue weighted by molar-refractivity contribution is 5.88. The van der Waals surface area contributed by atoms with Gasteiger partial charge in [0.1, 0.15) is 11.4 Å². The zero-order chi connectivity index (χ0) is 24.7. The summed E-state index contributed by atoms with van der Waals surface area (Å²) in [6.45, 7) is 5.69. The van der Waals surface area contributed by atoms with Gasteiger partial charge in [-0.05, 0) is 68.5 Å². The molecule has 2 N–H and O–H groups in total. The summed E-state index contributed by atoms with van der Waals surface area (Å²) in [7, 11) is 1.70. The van der Waals surface area contributed by atoms with Crippen molar-refractivity contribution >= 4 is 16.9 Å². The van der Waals surface area contributed by atoms with Gasteiger partial charge in [-0.15, -0.1) is 0 Å². The Kier molecular flexibility index (Phi) is 6.32. The molecule has 1 aliphatic carbocycles. The molecule has 0 bridgehead atoms. The van der Waals surface area contributed by atoms with E-state index in [9.17, 15) is 14.3 Å². The first kappa shape index (κ1) is 23.8. The number of halogens is 1. The van der Waals surface area contributed by atoms with Gasteiger partial charge in [0.05, 0.1) is 25.4 Å². The Balaban J connectivity index is 1.41. The molecule has 2 heterocycles. The SMILES string of the molecule is COc1cc(C)c2[nH]ccc2c1CN1CC[C@H](OCC2CC2(C)F)C[C@H]1c1ccc(C(=O)O)cc1. The van der Waals surface area contributed by atoms with Crippen LogP contribution >= 0.6 is 0 Å². The first-order valence-corrected chi connectivity index (χ1v) is 12.3. The second kappa shape index (κ2) is 9.28. The standard InChI is InChI=1S/C28H33FN2O4/c1-17-12-25(34-3)23(22-8-10-30-26(17)22)15-31-11-9-21(35-16-20-14-28(20,2)29)13-24(31)18-4-6-19(7-5-18)27(32)33/h4-8,10,12,20-21,24,30H,9,11,13-16H2,1-3H3,(H,32,33)/t20?,21-,24-,28?/m0/s1. The van der Waals surface area contributed by atoms with Crippen LogP contribution in [-0.2, 0) is 11.3 Å². The van der Waals surface area contributed by atoms with Crippen molar-refractivity contribution in [3.8, 4) is 5.75 Å². The van der Waals surface area contributed by atoms with Crippen LogP contribution < -0.4 is 4.74 Å². The monoisotopic (exact) mass is 480 g/mol. The number of aromatic amines is 1. The summed E-state index contributed by atoms with van der Waals surface area (Å²) in [5.41, 5.74) is 3.62. The first-order chi connectivity index (χ1) is 16.8. The smallest absolute Gasteiger partial charge is 0.335 e. The van der Waals surface area contributed by atoms with Gasteiger partial charge >= 0.3 is 5.97 Å². The van der Waals surface area contributed by atoms with Crippen LogP contribution in [-0.4, -0.2) is 53.0 Å². The molecule has 1 saturated heterocycles. The zero-order valence-electron chi connectivity index (χ0n) is 20.5. The van der Waals surface area contributed by atoms with Gasteiger partial charge in [-0.1, -0.05) is 12.1 Å². The number of likely N-dealkylation sites (tertiary alicyclic amines) is 1. The number of aryl methyl sites for hydroxylation is 1. The van der Waals surface area contributed by atoms with E-state index in [-0.39, 0.29) is 23.6 Å². The van der Waals surface area contributed by atoms with Crippen LogP contribution in [0.5, 0.6) is 5.75 Å². The maximum Gasteiger partial charge on any atom is 0.335 e. The van der Waals surface area contributed by atoms with Crippen molar-refractivity contribution in [1.29, 1.82) is 0 Å². The maximum atomic E-state index is 14.0. The molecule has 4 atom stereocenters. The number of alkyl halides is 1. The summed E-state index contributed by atoms with van der Waals surface area (Å²) in [6, 6.07) is 11.3. The minimum Gasteiger partial charge on any atom is -0.496 e. The van der Waals surface area contributed by atoms with E-state index in [1.807, 2.05) is 18.3 Å². The number of H-pyrrole nitrogens is 1. The van der Waals surface area contributed by atoms with Crippen molar-refractivity contribution in [3.05, 3.63) is 64.8 Å². The number of rotatable bonds is 8. The van der Waals surface area contributed by atoms with Crippen LogP contribution in [0.2, 0.25) is 0 Å². The second-order valence-corrected chi connectivity index (χ2v) is 10.2. The van der Waals surface area contributed by atoms with Gasteiger partial charge < -0.3 is 19.6 Å². The van der Waals surface area contributed by atoms with Crippen molar-refractivity contribution in [2.24, 2.45) is 5.92 Å². The minimum atomic E-state index is -1.09. The summed E-state index contributed by atoms with van der Waals surface area (Å²) in [4.78, 5) is 17.1. The van der Waals surface area contributed by atoms with Gasteiger partial charge in [0, 0.05) is 47.7 Å². The first-order valence-electron chi connectivity index (χ1n) is 12.3. The molecule has 35 heavy (non-hydrogen) atoms. The molecule has 0 amide bonds. The number of carboxylic acid groups (broad SMARTS) is 1. The number of hydrogen-bond donors (Lipinski definition) is 2. The Morgan fingerprint density at radius 2 is 2.03 bits per heavy atom. The molecular weight excluding hydrogens is 447 g/mol. The molecule has 186 valence electrons. The minimum absolute atomic E-state index is 0.00692. The van der Waals surface area contributed by atoms with E-state index < -0.39 is 11.6 Å². The van der Waals surface area contributed by atoms with E-state index in [2.05, 4.69) is 28.9 Å². The molecule has 2 aliphatic rings. The third-order valence-electron chi connectivity index (χ3n) is 7.77. The van der Waals surface area contributed by atoms with E-state index in [0.29, 0.717) is 19.6 Å². The number of aromatic carboxylic acids is 1. The lowest BCUT2D eigenvalue weighted by Gasteiger charge is -2.40. The molecule has 7 heteroatoms. The lowest BCUT2D eigenvalue weighted by atomic mass is 9.91. The Labute approximate surface area is 205 Å². The predicted octanol–water partition coefficient (Wildman–Crippen LogP) is 5.65. The number of nitrogens with one attached hydrogen (secondary N) is 1. The number of fused-ring (bicyclic) bond motifs is 1. The fourth-order valence-electron chi connectivity index (χ4n) is 5.41. The van der Waals surface area contributed by atoms with Crippen molar-refractivity contribution in [2.75, 3.05) is 20.3 Å².